The zero-order valence-electron chi connectivity index (χ0n) is 25.8. The fourth-order valence-corrected chi connectivity index (χ4v) is 8.78. The van der Waals surface area contributed by atoms with Crippen LogP contribution in [0.3, 0.4) is 0 Å². The molecule has 44 heavy (non-hydrogen) atoms. The maximum atomic E-state index is 12.9. The molecule has 0 saturated heterocycles. The summed E-state index contributed by atoms with van der Waals surface area (Å²) in [5.41, 5.74) is 9.13. The summed E-state index contributed by atoms with van der Waals surface area (Å²) in [5, 5.41) is 0. The van der Waals surface area contributed by atoms with Gasteiger partial charge in [-0.1, -0.05) is 94.5 Å². The molecule has 0 atom stereocenters. The van der Waals surface area contributed by atoms with E-state index in [1.165, 1.54) is 19.8 Å². The number of hydrogen-bond donors (Lipinski definition) is 0. The number of rotatable bonds is 12. The highest BCUT2D eigenvalue weighted by Gasteiger charge is 2.23. The van der Waals surface area contributed by atoms with Crippen LogP contribution in [-0.2, 0) is 20.0 Å². The highest BCUT2D eigenvalue weighted by Crippen LogP contribution is 2.38. The van der Waals surface area contributed by atoms with Crippen molar-refractivity contribution >= 4 is 42.3 Å². The Morgan fingerprint density at radius 2 is 0.795 bits per heavy atom. The predicted molar refractivity (Wildman–Crippen MR) is 181 cm³/mol. The minimum Gasteiger partial charge on any atom is -0.207 e. The van der Waals surface area contributed by atoms with Crippen molar-refractivity contribution in [1.82, 2.24) is 8.61 Å². The third-order valence-electron chi connectivity index (χ3n) is 8.47. The third kappa shape index (κ3) is 6.31. The molecule has 0 aliphatic heterocycles. The fraction of sp³-hybridized carbons (Fsp3) is 0.278. The standard InChI is InChI=1S/C36H40N2O4S2/c1-5-37(6-2)43(39,40)35-20-16-27(17-21-35)31-12-14-33(25-31)29-10-9-11-30(24-29)34-15-13-32(26-34)28-18-22-36(23-19-28)44(41,42)38(7-3)8-4/h9-24H,5-8,25-26H2,1-4H3. The first-order valence-electron chi connectivity index (χ1n) is 15.2. The van der Waals surface area contributed by atoms with Gasteiger partial charge in [-0.25, -0.2) is 16.8 Å². The summed E-state index contributed by atoms with van der Waals surface area (Å²) < 4.78 is 54.4. The third-order valence-corrected chi connectivity index (χ3v) is 12.6. The van der Waals surface area contributed by atoms with Crippen molar-refractivity contribution in [3.05, 3.63) is 119 Å². The first kappa shape index (κ1) is 31.9. The summed E-state index contributed by atoms with van der Waals surface area (Å²) in [6.07, 6.45) is 10.1. The molecule has 6 nitrogen and oxygen atoms in total. The van der Waals surface area contributed by atoms with Gasteiger partial charge in [0, 0.05) is 26.2 Å². The topological polar surface area (TPSA) is 74.8 Å². The first-order chi connectivity index (χ1) is 21.1. The van der Waals surface area contributed by atoms with E-state index in [0.717, 1.165) is 46.2 Å². The van der Waals surface area contributed by atoms with E-state index in [0.29, 0.717) is 36.0 Å². The van der Waals surface area contributed by atoms with Gasteiger partial charge in [0.25, 0.3) is 0 Å². The average molecular weight is 629 g/mol. The SMILES string of the molecule is CCN(CC)S(=O)(=O)c1ccc(C2=CC=C(c3cccc(C4=CC=C(c5ccc(S(=O)(=O)N(CC)CC)cc5)C4)c3)C2)cc1. The fourth-order valence-electron chi connectivity index (χ4n) is 5.87. The molecule has 3 aromatic rings. The second-order valence-electron chi connectivity index (χ2n) is 10.9. The summed E-state index contributed by atoms with van der Waals surface area (Å²) in [6, 6.07) is 23.0. The lowest BCUT2D eigenvalue weighted by atomic mass is 9.94. The highest BCUT2D eigenvalue weighted by atomic mass is 32.2. The zero-order valence-corrected chi connectivity index (χ0v) is 27.5. The Bertz CT molecular complexity index is 1720. The smallest absolute Gasteiger partial charge is 0.207 e. The van der Waals surface area contributed by atoms with Gasteiger partial charge in [0.1, 0.15) is 0 Å². The molecule has 0 radical (unpaired) electrons. The van der Waals surface area contributed by atoms with Crippen molar-refractivity contribution in [1.29, 1.82) is 0 Å². The van der Waals surface area contributed by atoms with Crippen LogP contribution in [0.1, 0.15) is 62.8 Å². The van der Waals surface area contributed by atoms with Crippen LogP contribution >= 0.6 is 0 Å². The Kier molecular flexibility index (Phi) is 9.56. The van der Waals surface area contributed by atoms with Crippen molar-refractivity contribution in [2.45, 2.75) is 50.3 Å². The Morgan fingerprint density at radius 3 is 1.11 bits per heavy atom. The Morgan fingerprint density at radius 1 is 0.477 bits per heavy atom. The van der Waals surface area contributed by atoms with Crippen LogP contribution in [0.2, 0.25) is 0 Å². The van der Waals surface area contributed by atoms with Crippen molar-refractivity contribution < 1.29 is 16.8 Å². The van der Waals surface area contributed by atoms with Crippen LogP contribution in [0.4, 0.5) is 0 Å². The van der Waals surface area contributed by atoms with Gasteiger partial charge in [-0.2, -0.15) is 8.61 Å². The maximum Gasteiger partial charge on any atom is 0.243 e. The number of hydrogen-bond acceptors (Lipinski definition) is 4. The summed E-state index contributed by atoms with van der Waals surface area (Å²) in [6.45, 7) is 9.19. The lowest BCUT2D eigenvalue weighted by molar-refractivity contribution is 0.444. The number of allylic oxidation sites excluding steroid dienone is 8. The van der Waals surface area contributed by atoms with Gasteiger partial charge in [-0.05, 0) is 87.7 Å². The second kappa shape index (κ2) is 13.2. The van der Waals surface area contributed by atoms with E-state index in [1.807, 2.05) is 52.0 Å². The van der Waals surface area contributed by atoms with E-state index >= 15 is 0 Å². The summed E-state index contributed by atoms with van der Waals surface area (Å²) in [4.78, 5) is 0.644. The second-order valence-corrected chi connectivity index (χ2v) is 14.8. The van der Waals surface area contributed by atoms with Gasteiger partial charge < -0.3 is 0 Å². The molecule has 0 aromatic heterocycles. The number of sulfonamides is 2. The van der Waals surface area contributed by atoms with Gasteiger partial charge in [0.05, 0.1) is 9.79 Å². The molecule has 2 aliphatic rings. The molecule has 5 rings (SSSR count). The van der Waals surface area contributed by atoms with Crippen molar-refractivity contribution in [2.24, 2.45) is 0 Å². The molecule has 0 unspecified atom stereocenters. The molecule has 0 spiro atoms. The molecular weight excluding hydrogens is 589 g/mol. The largest absolute Gasteiger partial charge is 0.243 e. The van der Waals surface area contributed by atoms with Crippen LogP contribution in [0.15, 0.2) is 107 Å². The van der Waals surface area contributed by atoms with Crippen LogP contribution in [0.5, 0.6) is 0 Å². The molecule has 0 bridgehead atoms. The van der Waals surface area contributed by atoms with Gasteiger partial charge in [-0.15, -0.1) is 0 Å². The van der Waals surface area contributed by atoms with E-state index in [2.05, 4.69) is 48.6 Å². The normalized spacial score (nSPS) is 15.4. The highest BCUT2D eigenvalue weighted by molar-refractivity contribution is 7.89. The molecule has 0 fully saturated rings. The van der Waals surface area contributed by atoms with Crippen molar-refractivity contribution in [2.75, 3.05) is 26.2 Å². The number of nitrogens with zero attached hydrogens (tertiary/aromatic N) is 2. The monoisotopic (exact) mass is 628 g/mol. The Balaban J connectivity index is 1.24. The van der Waals surface area contributed by atoms with Gasteiger partial charge in [0.2, 0.25) is 20.0 Å². The minimum absolute atomic E-state index is 0.322. The lowest BCUT2D eigenvalue weighted by Gasteiger charge is -2.18. The van der Waals surface area contributed by atoms with Crippen molar-refractivity contribution in [3.8, 4) is 0 Å². The van der Waals surface area contributed by atoms with Gasteiger partial charge in [0.15, 0.2) is 0 Å². The summed E-state index contributed by atoms with van der Waals surface area (Å²) in [7, 11) is -6.96. The molecule has 230 valence electrons. The molecule has 0 N–H and O–H groups in total. The average Bonchev–Trinajstić information content (AvgIpc) is 3.74. The van der Waals surface area contributed by atoms with Crippen LogP contribution < -0.4 is 0 Å². The Labute approximate surface area is 262 Å². The zero-order chi connectivity index (χ0) is 31.5. The molecule has 8 heteroatoms. The molecule has 2 aliphatic carbocycles. The van der Waals surface area contributed by atoms with Gasteiger partial charge >= 0.3 is 0 Å². The molecule has 0 saturated carbocycles. The maximum absolute atomic E-state index is 12.9. The van der Waals surface area contributed by atoms with Crippen LogP contribution in [0, 0.1) is 0 Å². The molecule has 0 heterocycles. The van der Waals surface area contributed by atoms with E-state index < -0.39 is 20.0 Å². The van der Waals surface area contributed by atoms with Crippen molar-refractivity contribution in [3.63, 3.8) is 0 Å². The summed E-state index contributed by atoms with van der Waals surface area (Å²) >= 11 is 0. The quantitative estimate of drug-likeness (QED) is 0.208. The lowest BCUT2D eigenvalue weighted by Crippen LogP contribution is -2.30. The van der Waals surface area contributed by atoms with E-state index in [4.69, 9.17) is 0 Å². The first-order valence-corrected chi connectivity index (χ1v) is 18.1. The van der Waals surface area contributed by atoms with Crippen LogP contribution in [0.25, 0.3) is 22.3 Å². The predicted octanol–water partition coefficient (Wildman–Crippen LogP) is 7.49. The molecule has 0 amide bonds. The number of benzene rings is 3. The van der Waals surface area contributed by atoms with E-state index in [-0.39, 0.29) is 0 Å². The Hall–Kier alpha value is -3.56. The van der Waals surface area contributed by atoms with E-state index in [1.54, 1.807) is 24.3 Å². The molecular formula is C36H40N2O4S2. The van der Waals surface area contributed by atoms with Gasteiger partial charge in [-0.3, -0.25) is 0 Å². The van der Waals surface area contributed by atoms with E-state index in [9.17, 15) is 16.8 Å². The summed E-state index contributed by atoms with van der Waals surface area (Å²) in [5.74, 6) is 0. The van der Waals surface area contributed by atoms with Crippen LogP contribution in [-0.4, -0.2) is 51.6 Å². The molecule has 3 aromatic carbocycles. The minimum atomic E-state index is -3.48.